The molecule has 0 radical (unpaired) electrons. The van der Waals surface area contributed by atoms with Crippen LogP contribution in [0.2, 0.25) is 5.15 Å². The lowest BCUT2D eigenvalue weighted by atomic mass is 10.2. The van der Waals surface area contributed by atoms with Crippen LogP contribution in [0.4, 0.5) is 0 Å². The van der Waals surface area contributed by atoms with Gasteiger partial charge in [-0.05, 0) is 24.5 Å². The molecule has 0 N–H and O–H groups in total. The van der Waals surface area contributed by atoms with Crippen molar-refractivity contribution in [3.05, 3.63) is 39.2 Å². The zero-order chi connectivity index (χ0) is 13.8. The summed E-state index contributed by atoms with van der Waals surface area (Å²) in [6.45, 7) is 0.337. The summed E-state index contributed by atoms with van der Waals surface area (Å²) in [6, 6.07) is 3.96. The summed E-state index contributed by atoms with van der Waals surface area (Å²) in [4.78, 5) is 20.4. The lowest BCUT2D eigenvalue weighted by molar-refractivity contribution is -0.464. The summed E-state index contributed by atoms with van der Waals surface area (Å²) in [5.74, 6) is 0.516. The van der Waals surface area contributed by atoms with Crippen molar-refractivity contribution < 1.29 is 4.92 Å². The van der Waals surface area contributed by atoms with Crippen LogP contribution < -0.4 is 0 Å². The number of hydrogen-bond acceptors (Lipinski definition) is 4. The van der Waals surface area contributed by atoms with E-state index in [0.29, 0.717) is 23.6 Å². The van der Waals surface area contributed by atoms with Crippen molar-refractivity contribution in [2.45, 2.75) is 25.4 Å². The molecule has 1 aliphatic rings. The highest BCUT2D eigenvalue weighted by Gasteiger charge is 2.32. The Bertz CT molecular complexity index is 485. The third-order valence-electron chi connectivity index (χ3n) is 2.99. The topological polar surface area (TPSA) is 71.6 Å². The maximum Gasteiger partial charge on any atom is 0.260 e. The molecule has 0 unspecified atom stereocenters. The Hall–Kier alpha value is -1.69. The highest BCUT2D eigenvalue weighted by molar-refractivity contribution is 6.29. The van der Waals surface area contributed by atoms with Gasteiger partial charge in [-0.1, -0.05) is 17.7 Å². The molecule has 2 rings (SSSR count). The average molecular weight is 283 g/mol. The number of aliphatic imine (C=N–C) groups is 1. The predicted molar refractivity (Wildman–Crippen MR) is 73.0 cm³/mol. The lowest BCUT2D eigenvalue weighted by Gasteiger charge is -2.23. The fourth-order valence-corrected chi connectivity index (χ4v) is 2.03. The molecule has 0 aromatic carbocycles. The van der Waals surface area contributed by atoms with Crippen LogP contribution in [0.25, 0.3) is 0 Å². The summed E-state index contributed by atoms with van der Waals surface area (Å²) in [5.41, 5.74) is 0.973. The number of nitro groups is 1. The third kappa shape index (κ3) is 3.89. The van der Waals surface area contributed by atoms with Crippen LogP contribution in [0.1, 0.15) is 18.4 Å². The summed E-state index contributed by atoms with van der Waals surface area (Å²) >= 11 is 5.74. The summed E-state index contributed by atoms with van der Waals surface area (Å²) in [6.07, 6.45) is 3.80. The molecule has 0 saturated heterocycles. The Morgan fingerprint density at radius 2 is 2.37 bits per heavy atom. The van der Waals surface area contributed by atoms with Gasteiger partial charge in [-0.2, -0.15) is 0 Å². The molecule has 1 aromatic rings. The molecule has 0 bridgehead atoms. The number of halogens is 1. The maximum absolute atomic E-state index is 10.7. The van der Waals surface area contributed by atoms with Crippen LogP contribution in [0.5, 0.6) is 0 Å². The smallest absolute Gasteiger partial charge is 0.260 e. The molecule has 0 amide bonds. The van der Waals surface area contributed by atoms with Crippen LogP contribution in [0, 0.1) is 10.1 Å². The van der Waals surface area contributed by atoms with Gasteiger partial charge >= 0.3 is 0 Å². The largest absolute Gasteiger partial charge is 0.348 e. The molecule has 7 heteroatoms. The number of pyridine rings is 1. The van der Waals surface area contributed by atoms with Crippen molar-refractivity contribution in [2.24, 2.45) is 4.99 Å². The molecule has 0 atom stereocenters. The molecular weight excluding hydrogens is 268 g/mol. The van der Waals surface area contributed by atoms with Gasteiger partial charge in [-0.3, -0.25) is 15.1 Å². The Kier molecular flexibility index (Phi) is 4.31. The van der Waals surface area contributed by atoms with E-state index in [1.54, 1.807) is 19.3 Å². The minimum absolute atomic E-state index is 0.242. The molecule has 1 fully saturated rings. The van der Waals surface area contributed by atoms with Gasteiger partial charge in [0.2, 0.25) is 0 Å². The number of rotatable bonds is 5. The van der Waals surface area contributed by atoms with E-state index < -0.39 is 0 Å². The second kappa shape index (κ2) is 5.97. The molecular formula is C12H15ClN4O2. The minimum Gasteiger partial charge on any atom is -0.348 e. The number of amidine groups is 1. The molecule has 102 valence electrons. The molecule has 1 aromatic heterocycles. The Labute approximate surface area is 116 Å². The van der Waals surface area contributed by atoms with Crippen LogP contribution in [0.15, 0.2) is 23.3 Å². The van der Waals surface area contributed by atoms with Gasteiger partial charge < -0.3 is 4.90 Å². The van der Waals surface area contributed by atoms with Crippen LogP contribution in [-0.4, -0.2) is 40.3 Å². The van der Waals surface area contributed by atoms with Gasteiger partial charge in [0.1, 0.15) is 5.15 Å². The first kappa shape index (κ1) is 13.7. The van der Waals surface area contributed by atoms with E-state index in [4.69, 9.17) is 11.6 Å². The fourth-order valence-electron chi connectivity index (χ4n) is 1.92. The second-order valence-electron chi connectivity index (χ2n) is 4.48. The monoisotopic (exact) mass is 282 g/mol. The quantitative estimate of drug-likeness (QED) is 0.272. The van der Waals surface area contributed by atoms with Crippen LogP contribution >= 0.6 is 11.6 Å². The van der Waals surface area contributed by atoms with Gasteiger partial charge in [-0.15, -0.1) is 0 Å². The molecule has 0 spiro atoms. The SMILES string of the molecule is CN=C(C[N+](=O)[O-])N(Cc1ccc(Cl)nc1)C1CC1. The average Bonchev–Trinajstić information content (AvgIpc) is 3.19. The minimum atomic E-state index is -0.349. The lowest BCUT2D eigenvalue weighted by Crippen LogP contribution is -2.37. The predicted octanol–water partition coefficient (Wildman–Crippen LogP) is 2.00. The van der Waals surface area contributed by atoms with Crippen molar-refractivity contribution >= 4 is 17.4 Å². The normalized spacial score (nSPS) is 15.4. The molecule has 1 heterocycles. The fraction of sp³-hybridized carbons (Fsp3) is 0.500. The van der Waals surface area contributed by atoms with Gasteiger partial charge in [0.15, 0.2) is 5.84 Å². The molecule has 1 aliphatic carbocycles. The van der Waals surface area contributed by atoms with Gasteiger partial charge in [-0.25, -0.2) is 4.98 Å². The first-order valence-corrected chi connectivity index (χ1v) is 6.42. The zero-order valence-electron chi connectivity index (χ0n) is 10.6. The highest BCUT2D eigenvalue weighted by Crippen LogP contribution is 2.28. The van der Waals surface area contributed by atoms with E-state index in [2.05, 4.69) is 9.98 Å². The molecule has 6 nitrogen and oxygen atoms in total. The Morgan fingerprint density at radius 1 is 1.63 bits per heavy atom. The van der Waals surface area contributed by atoms with E-state index in [1.807, 2.05) is 11.0 Å². The number of nitrogens with zero attached hydrogens (tertiary/aromatic N) is 4. The van der Waals surface area contributed by atoms with Crippen molar-refractivity contribution in [3.8, 4) is 0 Å². The Balaban J connectivity index is 2.11. The van der Waals surface area contributed by atoms with Gasteiger partial charge in [0.25, 0.3) is 6.54 Å². The molecule has 19 heavy (non-hydrogen) atoms. The first-order valence-electron chi connectivity index (χ1n) is 6.04. The Morgan fingerprint density at radius 3 is 2.84 bits per heavy atom. The number of aromatic nitrogens is 1. The zero-order valence-corrected chi connectivity index (χ0v) is 11.4. The van der Waals surface area contributed by atoms with E-state index in [9.17, 15) is 10.1 Å². The van der Waals surface area contributed by atoms with Gasteiger partial charge in [0, 0.05) is 30.8 Å². The summed E-state index contributed by atoms with van der Waals surface area (Å²) in [5, 5.41) is 11.1. The van der Waals surface area contributed by atoms with Crippen molar-refractivity contribution in [1.82, 2.24) is 9.88 Å². The van der Waals surface area contributed by atoms with E-state index >= 15 is 0 Å². The second-order valence-corrected chi connectivity index (χ2v) is 4.87. The van der Waals surface area contributed by atoms with Crippen molar-refractivity contribution in [1.29, 1.82) is 0 Å². The van der Waals surface area contributed by atoms with Crippen molar-refractivity contribution in [2.75, 3.05) is 13.6 Å². The van der Waals surface area contributed by atoms with E-state index in [0.717, 1.165) is 18.4 Å². The van der Waals surface area contributed by atoms with E-state index in [-0.39, 0.29) is 11.5 Å². The van der Waals surface area contributed by atoms with Gasteiger partial charge in [0.05, 0.1) is 0 Å². The van der Waals surface area contributed by atoms with Crippen LogP contribution in [-0.2, 0) is 6.54 Å². The number of hydrogen-bond donors (Lipinski definition) is 0. The third-order valence-corrected chi connectivity index (χ3v) is 3.21. The molecule has 0 aliphatic heterocycles. The highest BCUT2D eigenvalue weighted by atomic mass is 35.5. The summed E-state index contributed by atoms with van der Waals surface area (Å²) in [7, 11) is 1.59. The van der Waals surface area contributed by atoms with Crippen LogP contribution in [0.3, 0.4) is 0 Å². The first-order chi connectivity index (χ1) is 9.10. The standard InChI is InChI=1S/C12H15ClN4O2/c1-14-12(8-17(18)19)16(10-3-4-10)7-9-2-5-11(13)15-6-9/h2,5-6,10H,3-4,7-8H2,1H3. The molecule has 1 saturated carbocycles. The van der Waals surface area contributed by atoms with Crippen molar-refractivity contribution in [3.63, 3.8) is 0 Å². The van der Waals surface area contributed by atoms with E-state index in [1.165, 1.54) is 0 Å². The summed E-state index contributed by atoms with van der Waals surface area (Å²) < 4.78 is 0. The maximum atomic E-state index is 10.7.